The highest BCUT2D eigenvalue weighted by Crippen LogP contribution is 2.29. The fourth-order valence-corrected chi connectivity index (χ4v) is 3.38. The largest absolute Gasteiger partial charge is 0.409 e. The van der Waals surface area contributed by atoms with Gasteiger partial charge < -0.3 is 0 Å². The number of hydrogen-bond acceptors (Lipinski definition) is 3. The van der Waals surface area contributed by atoms with Crippen LogP contribution in [-0.2, 0) is 6.42 Å². The van der Waals surface area contributed by atoms with Gasteiger partial charge in [-0.1, -0.05) is 39.9 Å². The lowest BCUT2D eigenvalue weighted by molar-refractivity contribution is -0.581. The van der Waals surface area contributed by atoms with Crippen molar-refractivity contribution in [1.29, 1.82) is 0 Å². The van der Waals surface area contributed by atoms with Crippen molar-refractivity contribution >= 4 is 27.9 Å². The molecule has 0 radical (unpaired) electrons. The van der Waals surface area contributed by atoms with E-state index in [1.807, 2.05) is 22.3 Å². The van der Waals surface area contributed by atoms with Crippen molar-refractivity contribution in [2.75, 3.05) is 0 Å². The number of aromatic nitrogens is 3. The molecular formula is C16H14N3S+. The first-order chi connectivity index (χ1) is 9.92. The molecule has 20 heavy (non-hydrogen) atoms. The van der Waals surface area contributed by atoms with E-state index < -0.39 is 0 Å². The van der Waals surface area contributed by atoms with Crippen LogP contribution in [0, 0.1) is 0 Å². The van der Waals surface area contributed by atoms with Crippen molar-refractivity contribution in [3.8, 4) is 0 Å². The summed E-state index contributed by atoms with van der Waals surface area (Å²) < 4.78 is 1.99. The molecule has 1 aliphatic rings. The molecule has 0 unspecified atom stereocenters. The number of hydrogen-bond donors (Lipinski definition) is 0. The average molecular weight is 280 g/mol. The zero-order valence-electron chi connectivity index (χ0n) is 11.0. The number of aryl methyl sites for hydroxylation is 1. The van der Waals surface area contributed by atoms with E-state index in [-0.39, 0.29) is 0 Å². The topological polar surface area (TPSA) is 29.9 Å². The molecule has 4 rings (SSSR count). The summed E-state index contributed by atoms with van der Waals surface area (Å²) >= 11 is 1.58. The lowest BCUT2D eigenvalue weighted by Crippen LogP contribution is -2.32. The molecule has 3 nitrogen and oxygen atoms in total. The van der Waals surface area contributed by atoms with Gasteiger partial charge in [0.1, 0.15) is 11.7 Å². The van der Waals surface area contributed by atoms with Gasteiger partial charge in [-0.25, -0.2) is 0 Å². The quantitative estimate of drug-likeness (QED) is 0.641. The molecule has 0 aliphatic heterocycles. The first kappa shape index (κ1) is 11.7. The van der Waals surface area contributed by atoms with Crippen LogP contribution in [0.25, 0.3) is 16.6 Å². The summed E-state index contributed by atoms with van der Waals surface area (Å²) in [4.78, 5) is 5.45. The van der Waals surface area contributed by atoms with Gasteiger partial charge in [-0.2, -0.15) is 0 Å². The molecule has 4 heteroatoms. The highest BCUT2D eigenvalue weighted by Gasteiger charge is 2.25. The Hall–Kier alpha value is -2.07. The lowest BCUT2D eigenvalue weighted by atomic mass is 9.91. The van der Waals surface area contributed by atoms with Crippen LogP contribution < -0.4 is 4.52 Å². The summed E-state index contributed by atoms with van der Waals surface area (Å²) in [6.07, 6.45) is 7.68. The Balaban J connectivity index is 1.93. The van der Waals surface area contributed by atoms with Crippen LogP contribution >= 0.6 is 11.3 Å². The van der Waals surface area contributed by atoms with E-state index >= 15 is 0 Å². The SMILES string of the molecule is C(=C1/CCCc2cnc3scn[n+]3c21)/c1ccccc1. The Labute approximate surface area is 121 Å². The highest BCUT2D eigenvalue weighted by molar-refractivity contribution is 7.14. The number of benzene rings is 1. The molecule has 3 aromatic rings. The fourth-order valence-electron chi connectivity index (χ4n) is 2.79. The summed E-state index contributed by atoms with van der Waals surface area (Å²) in [7, 11) is 0. The molecular weight excluding hydrogens is 266 g/mol. The number of fused-ring (bicyclic) bond motifs is 3. The zero-order valence-corrected chi connectivity index (χ0v) is 11.8. The van der Waals surface area contributed by atoms with Crippen LogP contribution in [0.3, 0.4) is 0 Å². The number of allylic oxidation sites excluding steroid dienone is 1. The molecule has 0 saturated carbocycles. The normalized spacial score (nSPS) is 16.5. The summed E-state index contributed by atoms with van der Waals surface area (Å²) in [5, 5.41) is 4.46. The fraction of sp³-hybridized carbons (Fsp3) is 0.188. The number of rotatable bonds is 1. The smallest absolute Gasteiger partial charge is 0.0831 e. The van der Waals surface area contributed by atoms with Crippen molar-refractivity contribution in [3.05, 3.63) is 58.9 Å². The van der Waals surface area contributed by atoms with E-state index in [0.717, 1.165) is 17.8 Å². The lowest BCUT2D eigenvalue weighted by Gasteiger charge is -2.14. The van der Waals surface area contributed by atoms with Crippen LogP contribution in [0.5, 0.6) is 0 Å². The maximum atomic E-state index is 4.49. The van der Waals surface area contributed by atoms with E-state index in [9.17, 15) is 0 Å². The zero-order chi connectivity index (χ0) is 13.4. The molecule has 0 bridgehead atoms. The summed E-state index contributed by atoms with van der Waals surface area (Å²) in [5.41, 5.74) is 7.02. The molecule has 2 heterocycles. The molecule has 0 saturated heterocycles. The van der Waals surface area contributed by atoms with E-state index in [0.29, 0.717) is 0 Å². The summed E-state index contributed by atoms with van der Waals surface area (Å²) in [6.45, 7) is 0. The van der Waals surface area contributed by atoms with Gasteiger partial charge in [0.25, 0.3) is 0 Å². The van der Waals surface area contributed by atoms with Crippen LogP contribution in [0.4, 0.5) is 0 Å². The second-order valence-corrected chi connectivity index (χ2v) is 5.81. The van der Waals surface area contributed by atoms with Gasteiger partial charge >= 0.3 is 4.96 Å². The first-order valence-electron chi connectivity index (χ1n) is 6.81. The molecule has 98 valence electrons. The van der Waals surface area contributed by atoms with E-state index in [2.05, 4.69) is 40.4 Å². The maximum absolute atomic E-state index is 4.49. The van der Waals surface area contributed by atoms with Crippen molar-refractivity contribution in [3.63, 3.8) is 0 Å². The molecule has 0 fully saturated rings. The standard InChI is InChI=1S/C16H14N3S/c1-2-5-12(6-3-1)9-13-7-4-8-14-10-17-16-19(15(13)14)18-11-20-16/h1-3,5-6,9-11H,4,7-8H2/q+1/b13-9+. The van der Waals surface area contributed by atoms with Gasteiger partial charge in [-0.15, -0.1) is 0 Å². The summed E-state index contributed by atoms with van der Waals surface area (Å²) in [6, 6.07) is 10.5. The second kappa shape index (κ2) is 4.80. The minimum atomic E-state index is 0.963. The van der Waals surface area contributed by atoms with Gasteiger partial charge in [0.2, 0.25) is 0 Å². The van der Waals surface area contributed by atoms with Crippen LogP contribution in [-0.4, -0.2) is 10.1 Å². The third kappa shape index (κ3) is 1.93. The molecule has 1 aliphatic carbocycles. The minimum Gasteiger partial charge on any atom is -0.0831 e. The molecule has 0 N–H and O–H groups in total. The molecule has 2 aromatic heterocycles. The van der Waals surface area contributed by atoms with Crippen LogP contribution in [0.1, 0.15) is 29.7 Å². The van der Waals surface area contributed by atoms with Gasteiger partial charge in [0.05, 0.1) is 0 Å². The predicted octanol–water partition coefficient (Wildman–Crippen LogP) is 3.15. The second-order valence-electron chi connectivity index (χ2n) is 5.00. The minimum absolute atomic E-state index is 0.963. The maximum Gasteiger partial charge on any atom is 0.409 e. The Kier molecular flexibility index (Phi) is 2.81. The average Bonchev–Trinajstić information content (AvgIpc) is 2.97. The van der Waals surface area contributed by atoms with E-state index in [1.54, 1.807) is 11.3 Å². The van der Waals surface area contributed by atoms with E-state index in [4.69, 9.17) is 0 Å². The number of nitrogens with zero attached hydrogens (tertiary/aromatic N) is 3. The van der Waals surface area contributed by atoms with Gasteiger partial charge in [-0.05, 0) is 47.2 Å². The Bertz CT molecular complexity index is 790. The van der Waals surface area contributed by atoms with Crippen LogP contribution in [0.2, 0.25) is 0 Å². The van der Waals surface area contributed by atoms with Crippen molar-refractivity contribution < 1.29 is 4.52 Å². The Morgan fingerprint density at radius 3 is 2.95 bits per heavy atom. The third-order valence-electron chi connectivity index (χ3n) is 3.69. The monoisotopic (exact) mass is 280 g/mol. The molecule has 0 amide bonds. The van der Waals surface area contributed by atoms with E-state index in [1.165, 1.54) is 28.8 Å². The predicted molar refractivity (Wildman–Crippen MR) is 80.3 cm³/mol. The molecule has 1 aromatic carbocycles. The molecule has 0 spiro atoms. The third-order valence-corrected chi connectivity index (χ3v) is 4.37. The van der Waals surface area contributed by atoms with Crippen molar-refractivity contribution in [1.82, 2.24) is 10.1 Å². The van der Waals surface area contributed by atoms with Crippen molar-refractivity contribution in [2.24, 2.45) is 0 Å². The summed E-state index contributed by atoms with van der Waals surface area (Å²) in [5.74, 6) is 0. The van der Waals surface area contributed by atoms with Gasteiger partial charge in [0, 0.05) is 11.1 Å². The Morgan fingerprint density at radius 2 is 2.05 bits per heavy atom. The van der Waals surface area contributed by atoms with Crippen molar-refractivity contribution in [2.45, 2.75) is 19.3 Å². The van der Waals surface area contributed by atoms with Gasteiger partial charge in [0.15, 0.2) is 5.69 Å². The first-order valence-corrected chi connectivity index (χ1v) is 7.69. The van der Waals surface area contributed by atoms with Gasteiger partial charge in [-0.3, -0.25) is 0 Å². The Morgan fingerprint density at radius 1 is 1.15 bits per heavy atom. The van der Waals surface area contributed by atoms with Crippen LogP contribution in [0.15, 0.2) is 42.0 Å². The highest BCUT2D eigenvalue weighted by atomic mass is 32.1. The molecule has 0 atom stereocenters.